The van der Waals surface area contributed by atoms with Crippen molar-refractivity contribution >= 4 is 39.6 Å². The van der Waals surface area contributed by atoms with E-state index >= 15 is 0 Å². The summed E-state index contributed by atoms with van der Waals surface area (Å²) in [5.74, 6) is -1.59. The van der Waals surface area contributed by atoms with E-state index in [0.29, 0.717) is 5.75 Å². The molecule has 1 aliphatic heterocycles. The van der Waals surface area contributed by atoms with Crippen molar-refractivity contribution in [2.24, 2.45) is 5.92 Å². The van der Waals surface area contributed by atoms with Crippen LogP contribution in [-0.2, 0) is 4.79 Å². The highest BCUT2D eigenvalue weighted by Gasteiger charge is 2.43. The van der Waals surface area contributed by atoms with Gasteiger partial charge in [0.1, 0.15) is 11.9 Å². The average molecular weight is 376 g/mol. The molecule has 0 saturated carbocycles. The molecule has 2 rings (SSSR count). The molecule has 0 bridgehead atoms. The van der Waals surface area contributed by atoms with Crippen LogP contribution in [0.4, 0.5) is 4.39 Å². The van der Waals surface area contributed by atoms with E-state index in [0.717, 1.165) is 0 Å². The van der Waals surface area contributed by atoms with Crippen molar-refractivity contribution in [2.75, 3.05) is 5.75 Å². The molecule has 1 fully saturated rings. The number of halogens is 2. The van der Waals surface area contributed by atoms with Crippen LogP contribution in [0.3, 0.4) is 0 Å². The molecule has 2 unspecified atom stereocenters. The van der Waals surface area contributed by atoms with E-state index in [2.05, 4.69) is 15.9 Å². The molecule has 0 radical (unpaired) electrons. The fourth-order valence-electron chi connectivity index (χ4n) is 2.30. The van der Waals surface area contributed by atoms with Crippen molar-refractivity contribution in [1.29, 1.82) is 0 Å². The third kappa shape index (κ3) is 3.08. The Morgan fingerprint density at radius 3 is 2.71 bits per heavy atom. The highest BCUT2D eigenvalue weighted by Crippen LogP contribution is 2.36. The normalized spacial score (nSPS) is 21.9. The third-order valence-corrected chi connectivity index (χ3v) is 5.73. The number of carboxylic acid groups (broad SMARTS) is 1. The maximum absolute atomic E-state index is 13.6. The molecule has 7 heteroatoms. The molecule has 1 heterocycles. The fraction of sp³-hybridized carbons (Fsp3) is 0.429. The largest absolute Gasteiger partial charge is 0.480 e. The lowest BCUT2D eigenvalue weighted by atomic mass is 10.1. The number of benzene rings is 1. The van der Waals surface area contributed by atoms with Gasteiger partial charge < -0.3 is 10.0 Å². The molecule has 4 nitrogen and oxygen atoms in total. The molecule has 0 aliphatic carbocycles. The number of thioether (sulfide) groups is 1. The van der Waals surface area contributed by atoms with Crippen LogP contribution in [0.25, 0.3) is 0 Å². The van der Waals surface area contributed by atoms with Crippen LogP contribution in [0.1, 0.15) is 24.2 Å². The van der Waals surface area contributed by atoms with Crippen molar-refractivity contribution in [1.82, 2.24) is 4.90 Å². The SMILES string of the molecule is CC(C)C1SCC(C(=O)O)N1C(=O)c1cccc(F)c1Br. The number of amides is 1. The second-order valence-electron chi connectivity index (χ2n) is 5.14. The average Bonchev–Trinajstić information content (AvgIpc) is 2.86. The van der Waals surface area contributed by atoms with Crippen LogP contribution < -0.4 is 0 Å². The number of carbonyl (C=O) groups is 2. The first-order valence-corrected chi connectivity index (χ1v) is 8.29. The van der Waals surface area contributed by atoms with Crippen molar-refractivity contribution < 1.29 is 19.1 Å². The lowest BCUT2D eigenvalue weighted by molar-refractivity contribution is -0.141. The van der Waals surface area contributed by atoms with Crippen LogP contribution >= 0.6 is 27.7 Å². The van der Waals surface area contributed by atoms with E-state index in [1.807, 2.05) is 13.8 Å². The number of hydrogen-bond acceptors (Lipinski definition) is 3. The summed E-state index contributed by atoms with van der Waals surface area (Å²) in [5.41, 5.74) is 0.148. The first kappa shape index (κ1) is 16.3. The second-order valence-corrected chi connectivity index (χ2v) is 7.08. The van der Waals surface area contributed by atoms with Crippen LogP contribution in [0.5, 0.6) is 0 Å². The van der Waals surface area contributed by atoms with E-state index in [-0.39, 0.29) is 21.3 Å². The molecule has 1 saturated heterocycles. The Hall–Kier alpha value is -1.08. The van der Waals surface area contributed by atoms with E-state index in [4.69, 9.17) is 0 Å². The van der Waals surface area contributed by atoms with Crippen LogP contribution in [0.15, 0.2) is 22.7 Å². The number of carboxylic acids is 1. The standard InChI is InChI=1S/C14H15BrFNO3S/c1-7(2)13-17(10(6-21-13)14(19)20)12(18)8-4-3-5-9(16)11(8)15/h3-5,7,10,13H,6H2,1-2H3,(H,19,20). The number of hydrogen-bond donors (Lipinski definition) is 1. The number of rotatable bonds is 3. The Morgan fingerprint density at radius 1 is 1.48 bits per heavy atom. The Labute approximate surface area is 134 Å². The molecule has 2 atom stereocenters. The zero-order chi connectivity index (χ0) is 15.7. The van der Waals surface area contributed by atoms with E-state index in [9.17, 15) is 19.1 Å². The van der Waals surface area contributed by atoms with Crippen LogP contribution in [-0.4, -0.2) is 39.1 Å². The lowest BCUT2D eigenvalue weighted by Crippen LogP contribution is -2.47. The Balaban J connectivity index is 2.42. The molecule has 114 valence electrons. The predicted molar refractivity (Wildman–Crippen MR) is 82.8 cm³/mol. The van der Waals surface area contributed by atoms with Crippen molar-refractivity contribution in [3.05, 3.63) is 34.1 Å². The van der Waals surface area contributed by atoms with Gasteiger partial charge in [0.25, 0.3) is 5.91 Å². The van der Waals surface area contributed by atoms with Gasteiger partial charge in [0.05, 0.1) is 15.4 Å². The Kier molecular flexibility index (Phi) is 4.93. The van der Waals surface area contributed by atoms with Crippen molar-refractivity contribution in [3.8, 4) is 0 Å². The minimum Gasteiger partial charge on any atom is -0.480 e. The summed E-state index contributed by atoms with van der Waals surface area (Å²) in [7, 11) is 0. The molecular formula is C14H15BrFNO3S. The number of nitrogens with zero attached hydrogens (tertiary/aromatic N) is 1. The summed E-state index contributed by atoms with van der Waals surface area (Å²) in [6.07, 6.45) is 0. The summed E-state index contributed by atoms with van der Waals surface area (Å²) in [6.45, 7) is 3.87. The van der Waals surface area contributed by atoms with E-state index < -0.39 is 23.7 Å². The molecule has 0 spiro atoms. The molecule has 1 aromatic carbocycles. The summed E-state index contributed by atoms with van der Waals surface area (Å²) in [4.78, 5) is 25.4. The van der Waals surface area contributed by atoms with Crippen LogP contribution in [0.2, 0.25) is 0 Å². The highest BCUT2D eigenvalue weighted by atomic mass is 79.9. The topological polar surface area (TPSA) is 57.6 Å². The zero-order valence-corrected chi connectivity index (χ0v) is 13.9. The van der Waals surface area contributed by atoms with Gasteiger partial charge in [-0.25, -0.2) is 9.18 Å². The van der Waals surface area contributed by atoms with Gasteiger partial charge in [-0.3, -0.25) is 4.79 Å². The maximum Gasteiger partial charge on any atom is 0.327 e. The van der Waals surface area contributed by atoms with Gasteiger partial charge in [0.2, 0.25) is 0 Å². The highest BCUT2D eigenvalue weighted by molar-refractivity contribution is 9.10. The molecule has 21 heavy (non-hydrogen) atoms. The molecule has 0 aromatic heterocycles. The number of aliphatic carboxylic acids is 1. The number of carbonyl (C=O) groups excluding carboxylic acids is 1. The Bertz CT molecular complexity index is 581. The van der Waals surface area contributed by atoms with Gasteiger partial charge in [-0.15, -0.1) is 11.8 Å². The predicted octanol–water partition coefficient (Wildman–Crippen LogP) is 3.21. The smallest absolute Gasteiger partial charge is 0.327 e. The fourth-order valence-corrected chi connectivity index (χ4v) is 4.20. The summed E-state index contributed by atoms with van der Waals surface area (Å²) in [6, 6.07) is 3.30. The first-order valence-electron chi connectivity index (χ1n) is 6.45. The van der Waals surface area contributed by atoms with Gasteiger partial charge in [-0.1, -0.05) is 19.9 Å². The summed E-state index contributed by atoms with van der Waals surface area (Å²) < 4.78 is 13.7. The monoisotopic (exact) mass is 375 g/mol. The van der Waals surface area contributed by atoms with E-state index in [1.54, 1.807) is 0 Å². The van der Waals surface area contributed by atoms with Gasteiger partial charge in [0.15, 0.2) is 0 Å². The van der Waals surface area contributed by atoms with Crippen LogP contribution in [0, 0.1) is 11.7 Å². The molecule has 1 aliphatic rings. The van der Waals surface area contributed by atoms with Gasteiger partial charge in [-0.05, 0) is 34.0 Å². The minimum atomic E-state index is -1.04. The zero-order valence-electron chi connectivity index (χ0n) is 11.5. The molecule has 1 aromatic rings. The van der Waals surface area contributed by atoms with Crippen molar-refractivity contribution in [3.63, 3.8) is 0 Å². The van der Waals surface area contributed by atoms with Gasteiger partial charge in [0, 0.05) is 5.75 Å². The minimum absolute atomic E-state index is 0.0681. The van der Waals surface area contributed by atoms with Gasteiger partial charge in [-0.2, -0.15) is 0 Å². The molecule has 1 amide bonds. The maximum atomic E-state index is 13.6. The Morgan fingerprint density at radius 2 is 2.14 bits per heavy atom. The van der Waals surface area contributed by atoms with Gasteiger partial charge >= 0.3 is 5.97 Å². The quantitative estimate of drug-likeness (QED) is 0.880. The molecule has 1 N–H and O–H groups in total. The molecular weight excluding hydrogens is 361 g/mol. The lowest BCUT2D eigenvalue weighted by Gasteiger charge is -2.30. The first-order chi connectivity index (χ1) is 9.84. The second kappa shape index (κ2) is 6.36. The summed E-state index contributed by atoms with van der Waals surface area (Å²) >= 11 is 4.51. The third-order valence-electron chi connectivity index (χ3n) is 3.31. The van der Waals surface area contributed by atoms with Crippen molar-refractivity contribution in [2.45, 2.75) is 25.3 Å². The summed E-state index contributed by atoms with van der Waals surface area (Å²) in [5, 5.41) is 9.08. The van der Waals surface area contributed by atoms with E-state index in [1.165, 1.54) is 34.9 Å².